The molecule has 0 aromatic carbocycles. The molecule has 1 saturated heterocycles. The molecule has 3 nitrogen and oxygen atoms in total. The Bertz CT molecular complexity index is 279. The summed E-state index contributed by atoms with van der Waals surface area (Å²) in [4.78, 5) is 22.6. The second-order valence-corrected chi connectivity index (χ2v) is 4.28. The van der Waals surface area contributed by atoms with Crippen molar-refractivity contribution in [3.05, 3.63) is 0 Å². The van der Waals surface area contributed by atoms with E-state index in [-0.39, 0.29) is 17.7 Å². The van der Waals surface area contributed by atoms with Crippen LogP contribution in [-0.4, -0.2) is 17.4 Å². The highest BCUT2D eigenvalue weighted by molar-refractivity contribution is 6.08. The fraction of sp³-hybridized carbons (Fsp3) is 0.778. The van der Waals surface area contributed by atoms with E-state index in [0.717, 1.165) is 0 Å². The van der Waals surface area contributed by atoms with Crippen molar-refractivity contribution in [2.75, 3.05) is 0 Å². The summed E-state index contributed by atoms with van der Waals surface area (Å²) in [5.74, 6) is -0.233. The van der Waals surface area contributed by atoms with E-state index in [9.17, 15) is 9.59 Å². The Balaban J connectivity index is 2.38. The zero-order valence-electron chi connectivity index (χ0n) is 7.51. The molecule has 0 aromatic rings. The van der Waals surface area contributed by atoms with E-state index >= 15 is 0 Å². The highest BCUT2D eigenvalue weighted by atomic mass is 16.6. The first-order chi connectivity index (χ1) is 5.41. The standard InChI is InChI=1S/C9H12O3/c1-5(10)9-4-6(9)8(2,3)12-7(9)11/h6H,4H2,1-3H3/t6-,9+/m1/s1. The predicted molar refractivity (Wildman–Crippen MR) is 41.4 cm³/mol. The zero-order valence-corrected chi connectivity index (χ0v) is 7.51. The van der Waals surface area contributed by atoms with E-state index in [1.165, 1.54) is 6.92 Å². The topological polar surface area (TPSA) is 43.4 Å². The quantitative estimate of drug-likeness (QED) is 0.432. The second kappa shape index (κ2) is 1.73. The van der Waals surface area contributed by atoms with Crippen LogP contribution in [0.2, 0.25) is 0 Å². The van der Waals surface area contributed by atoms with Gasteiger partial charge in [-0.05, 0) is 27.2 Å². The minimum Gasteiger partial charge on any atom is -0.459 e. The van der Waals surface area contributed by atoms with E-state index in [2.05, 4.69) is 0 Å². The molecule has 12 heavy (non-hydrogen) atoms. The molecule has 1 aliphatic heterocycles. The van der Waals surface area contributed by atoms with Gasteiger partial charge in [0.2, 0.25) is 0 Å². The molecule has 0 unspecified atom stereocenters. The Morgan fingerprint density at radius 2 is 2.17 bits per heavy atom. The van der Waals surface area contributed by atoms with Crippen LogP contribution in [-0.2, 0) is 14.3 Å². The van der Waals surface area contributed by atoms with Crippen molar-refractivity contribution in [1.82, 2.24) is 0 Å². The van der Waals surface area contributed by atoms with Gasteiger partial charge in [0, 0.05) is 5.92 Å². The minimum absolute atomic E-state index is 0.0388. The lowest BCUT2D eigenvalue weighted by molar-refractivity contribution is -0.155. The molecule has 0 spiro atoms. The van der Waals surface area contributed by atoms with Crippen molar-refractivity contribution >= 4 is 11.8 Å². The third kappa shape index (κ3) is 0.625. The number of hydrogen-bond donors (Lipinski definition) is 0. The molecule has 0 aromatic heterocycles. The second-order valence-electron chi connectivity index (χ2n) is 4.28. The Morgan fingerprint density at radius 3 is 2.33 bits per heavy atom. The summed E-state index contributed by atoms with van der Waals surface area (Å²) in [6.45, 7) is 5.21. The summed E-state index contributed by atoms with van der Waals surface area (Å²) in [5.41, 5.74) is -1.17. The number of cyclic esters (lactones) is 1. The molecule has 1 heterocycles. The molecule has 2 fully saturated rings. The summed E-state index contributed by atoms with van der Waals surface area (Å²) in [6, 6.07) is 0. The van der Waals surface area contributed by atoms with E-state index in [0.29, 0.717) is 6.42 Å². The number of esters is 1. The van der Waals surface area contributed by atoms with Gasteiger partial charge in [-0.2, -0.15) is 0 Å². The van der Waals surface area contributed by atoms with Crippen LogP contribution in [0, 0.1) is 11.3 Å². The third-order valence-electron chi connectivity index (χ3n) is 3.15. The average Bonchev–Trinajstić information content (AvgIpc) is 2.55. The lowest BCUT2D eigenvalue weighted by Crippen LogP contribution is -2.24. The van der Waals surface area contributed by atoms with Crippen molar-refractivity contribution in [3.8, 4) is 0 Å². The molecule has 2 rings (SSSR count). The molecule has 2 aliphatic rings. The molecule has 2 atom stereocenters. The lowest BCUT2D eigenvalue weighted by Gasteiger charge is -2.18. The Hall–Kier alpha value is -0.860. The minimum atomic E-state index is -0.747. The van der Waals surface area contributed by atoms with E-state index in [1.54, 1.807) is 0 Å². The number of Topliss-reactive ketones (excluding diaryl/α,β-unsaturated/α-hetero) is 1. The van der Waals surface area contributed by atoms with Gasteiger partial charge < -0.3 is 4.74 Å². The molecule has 0 radical (unpaired) electrons. The van der Waals surface area contributed by atoms with Gasteiger partial charge in [-0.3, -0.25) is 9.59 Å². The highest BCUT2D eigenvalue weighted by Gasteiger charge is 2.75. The summed E-state index contributed by atoms with van der Waals surface area (Å²) in [5, 5.41) is 0. The summed E-state index contributed by atoms with van der Waals surface area (Å²) in [6.07, 6.45) is 0.689. The molecular weight excluding hydrogens is 156 g/mol. The van der Waals surface area contributed by atoms with Gasteiger partial charge in [0.1, 0.15) is 16.8 Å². The average molecular weight is 168 g/mol. The summed E-state index contributed by atoms with van der Waals surface area (Å²) >= 11 is 0. The van der Waals surface area contributed by atoms with Crippen LogP contribution in [0.4, 0.5) is 0 Å². The fourth-order valence-corrected chi connectivity index (χ4v) is 2.26. The monoisotopic (exact) mass is 168 g/mol. The van der Waals surface area contributed by atoms with Gasteiger partial charge in [0.15, 0.2) is 0 Å². The first-order valence-electron chi connectivity index (χ1n) is 4.16. The molecule has 0 amide bonds. The van der Waals surface area contributed by atoms with Crippen LogP contribution in [0.15, 0.2) is 0 Å². The number of ketones is 1. The number of carbonyl (C=O) groups excluding carboxylic acids is 2. The molecule has 1 aliphatic carbocycles. The third-order valence-corrected chi connectivity index (χ3v) is 3.15. The maximum atomic E-state index is 11.4. The number of rotatable bonds is 1. The maximum absolute atomic E-state index is 11.4. The van der Waals surface area contributed by atoms with E-state index in [4.69, 9.17) is 4.74 Å². The number of fused-ring (bicyclic) bond motifs is 1. The van der Waals surface area contributed by atoms with Gasteiger partial charge in [0.05, 0.1) is 0 Å². The smallest absolute Gasteiger partial charge is 0.320 e. The number of ether oxygens (including phenoxy) is 1. The van der Waals surface area contributed by atoms with Crippen LogP contribution in [0.1, 0.15) is 27.2 Å². The van der Waals surface area contributed by atoms with E-state index < -0.39 is 11.0 Å². The van der Waals surface area contributed by atoms with Crippen LogP contribution < -0.4 is 0 Å². The van der Waals surface area contributed by atoms with Crippen LogP contribution in [0.3, 0.4) is 0 Å². The Kier molecular flexibility index (Phi) is 1.12. The zero-order chi connectivity index (χ0) is 9.15. The van der Waals surface area contributed by atoms with Crippen LogP contribution >= 0.6 is 0 Å². The first kappa shape index (κ1) is 7.77. The van der Waals surface area contributed by atoms with Crippen LogP contribution in [0.25, 0.3) is 0 Å². The van der Waals surface area contributed by atoms with Crippen molar-refractivity contribution in [2.24, 2.45) is 11.3 Å². The Labute approximate surface area is 71.1 Å². The molecule has 3 heteroatoms. The van der Waals surface area contributed by atoms with Crippen molar-refractivity contribution in [2.45, 2.75) is 32.8 Å². The molecule has 0 N–H and O–H groups in total. The highest BCUT2D eigenvalue weighted by Crippen LogP contribution is 2.65. The predicted octanol–water partition coefficient (Wildman–Crippen LogP) is 0.917. The maximum Gasteiger partial charge on any atom is 0.320 e. The lowest BCUT2D eigenvalue weighted by atomic mass is 9.95. The number of carbonyl (C=O) groups is 2. The molecular formula is C9H12O3. The van der Waals surface area contributed by atoms with Crippen LogP contribution in [0.5, 0.6) is 0 Å². The molecule has 66 valence electrons. The summed E-state index contributed by atoms with van der Waals surface area (Å²) in [7, 11) is 0. The fourth-order valence-electron chi connectivity index (χ4n) is 2.26. The Morgan fingerprint density at radius 1 is 1.58 bits per heavy atom. The normalized spacial score (nSPS) is 41.9. The molecule has 0 bridgehead atoms. The van der Waals surface area contributed by atoms with Crippen molar-refractivity contribution in [3.63, 3.8) is 0 Å². The van der Waals surface area contributed by atoms with Gasteiger partial charge in [0.25, 0.3) is 0 Å². The van der Waals surface area contributed by atoms with Gasteiger partial charge in [-0.25, -0.2) is 0 Å². The first-order valence-corrected chi connectivity index (χ1v) is 4.16. The SMILES string of the molecule is CC(=O)[C@@]12C[C@@H]1C(C)(C)OC2=O. The van der Waals surface area contributed by atoms with Gasteiger partial charge in [-0.1, -0.05) is 0 Å². The largest absolute Gasteiger partial charge is 0.459 e. The van der Waals surface area contributed by atoms with Crippen molar-refractivity contribution in [1.29, 1.82) is 0 Å². The van der Waals surface area contributed by atoms with E-state index in [1.807, 2.05) is 13.8 Å². The van der Waals surface area contributed by atoms with Gasteiger partial charge >= 0.3 is 5.97 Å². The molecule has 1 saturated carbocycles. The van der Waals surface area contributed by atoms with Crippen molar-refractivity contribution < 1.29 is 14.3 Å². The summed E-state index contributed by atoms with van der Waals surface area (Å²) < 4.78 is 5.12. The number of hydrogen-bond acceptors (Lipinski definition) is 3. The van der Waals surface area contributed by atoms with Gasteiger partial charge in [-0.15, -0.1) is 0 Å².